The van der Waals surface area contributed by atoms with Gasteiger partial charge in [0.05, 0.1) is 16.6 Å². The minimum absolute atomic E-state index is 0.0890. The van der Waals surface area contributed by atoms with Crippen LogP contribution in [0.25, 0.3) is 0 Å². The summed E-state index contributed by atoms with van der Waals surface area (Å²) in [5, 5.41) is 8.95. The first kappa shape index (κ1) is 11.1. The van der Waals surface area contributed by atoms with Crippen LogP contribution in [0.4, 0.5) is 0 Å². The molecule has 86 valence electrons. The molecule has 0 radical (unpaired) electrons. The van der Waals surface area contributed by atoms with Gasteiger partial charge >= 0.3 is 5.97 Å². The third-order valence-corrected chi connectivity index (χ3v) is 4.76. The van der Waals surface area contributed by atoms with Crippen molar-refractivity contribution in [3.8, 4) is 0 Å². The van der Waals surface area contributed by atoms with Gasteiger partial charge in [0.15, 0.2) is 9.84 Å². The second-order valence-corrected chi connectivity index (χ2v) is 6.03. The van der Waals surface area contributed by atoms with Crippen LogP contribution in [0.2, 0.25) is 0 Å². The van der Waals surface area contributed by atoms with Crippen LogP contribution < -0.4 is 0 Å². The van der Waals surface area contributed by atoms with E-state index in [9.17, 15) is 13.2 Å². The molecule has 0 aromatic heterocycles. The molecule has 1 aliphatic rings. The number of carboxylic acids is 1. The maximum absolute atomic E-state index is 11.7. The van der Waals surface area contributed by atoms with Crippen molar-refractivity contribution >= 4 is 15.8 Å². The molecule has 1 aliphatic heterocycles. The quantitative estimate of drug-likeness (QED) is 0.843. The summed E-state index contributed by atoms with van der Waals surface area (Å²) in [4.78, 5) is 11.2. The van der Waals surface area contributed by atoms with E-state index in [2.05, 4.69) is 0 Å². The van der Waals surface area contributed by atoms with Gasteiger partial charge in [-0.25, -0.2) is 8.42 Å². The van der Waals surface area contributed by atoms with Crippen molar-refractivity contribution in [3.63, 3.8) is 0 Å². The Hall–Kier alpha value is -1.36. The summed E-state index contributed by atoms with van der Waals surface area (Å²) in [6.07, 6.45) is 0.422. The van der Waals surface area contributed by atoms with E-state index in [0.29, 0.717) is 22.4 Å². The zero-order valence-corrected chi connectivity index (χ0v) is 9.62. The van der Waals surface area contributed by atoms with Crippen LogP contribution in [0.15, 0.2) is 23.1 Å². The molecule has 1 atom stereocenters. The van der Waals surface area contributed by atoms with Gasteiger partial charge in [0.1, 0.15) is 0 Å². The molecule has 0 spiro atoms. The number of aliphatic carboxylic acids is 1. The van der Waals surface area contributed by atoms with Crippen molar-refractivity contribution in [2.75, 3.05) is 5.75 Å². The smallest absolute Gasteiger partial charge is 0.310 e. The molecule has 2 rings (SSSR count). The summed E-state index contributed by atoms with van der Waals surface area (Å²) in [6, 6.07) is 4.85. The Morgan fingerprint density at radius 2 is 2.12 bits per heavy atom. The average molecular weight is 240 g/mol. The lowest BCUT2D eigenvalue weighted by atomic mass is 9.94. The van der Waals surface area contributed by atoms with Gasteiger partial charge in [0.2, 0.25) is 0 Å². The molecule has 16 heavy (non-hydrogen) atoms. The number of carboxylic acid groups (broad SMARTS) is 1. The molecule has 4 nitrogen and oxygen atoms in total. The van der Waals surface area contributed by atoms with Gasteiger partial charge < -0.3 is 5.11 Å². The Morgan fingerprint density at radius 1 is 1.44 bits per heavy atom. The van der Waals surface area contributed by atoms with E-state index in [4.69, 9.17) is 5.11 Å². The van der Waals surface area contributed by atoms with Crippen LogP contribution >= 0.6 is 0 Å². The number of rotatable bonds is 2. The SMILES string of the molecule is CC(C(=O)O)c1cccc2c1CCS2(=O)=O. The van der Waals surface area contributed by atoms with Gasteiger partial charge in [-0.15, -0.1) is 0 Å². The first-order chi connectivity index (χ1) is 7.43. The maximum Gasteiger partial charge on any atom is 0.310 e. The Morgan fingerprint density at radius 3 is 2.75 bits per heavy atom. The normalized spacial score (nSPS) is 19.1. The van der Waals surface area contributed by atoms with E-state index in [1.165, 1.54) is 0 Å². The Kier molecular flexibility index (Phi) is 2.50. The van der Waals surface area contributed by atoms with E-state index >= 15 is 0 Å². The highest BCUT2D eigenvalue weighted by molar-refractivity contribution is 7.91. The number of hydrogen-bond acceptors (Lipinski definition) is 3. The summed E-state index contributed by atoms with van der Waals surface area (Å²) < 4.78 is 23.3. The van der Waals surface area contributed by atoms with E-state index < -0.39 is 21.7 Å². The van der Waals surface area contributed by atoms with Gasteiger partial charge in [-0.05, 0) is 30.5 Å². The second-order valence-electron chi connectivity index (χ2n) is 3.95. The van der Waals surface area contributed by atoms with Crippen LogP contribution in [0.1, 0.15) is 24.0 Å². The molecule has 5 heteroatoms. The summed E-state index contributed by atoms with van der Waals surface area (Å²) in [5.41, 5.74) is 1.29. The molecule has 0 amide bonds. The Bertz CT molecular complexity index is 545. The van der Waals surface area contributed by atoms with Crippen LogP contribution in [0.5, 0.6) is 0 Å². The Labute approximate surface area is 93.8 Å². The van der Waals surface area contributed by atoms with Gasteiger partial charge in [0.25, 0.3) is 0 Å². The van der Waals surface area contributed by atoms with Crippen LogP contribution in [-0.4, -0.2) is 25.2 Å². The van der Waals surface area contributed by atoms with E-state index in [-0.39, 0.29) is 5.75 Å². The highest BCUT2D eigenvalue weighted by Gasteiger charge is 2.30. The fourth-order valence-electron chi connectivity index (χ4n) is 2.03. The molecular formula is C11H12O4S. The summed E-state index contributed by atoms with van der Waals surface area (Å²) in [7, 11) is -3.18. The van der Waals surface area contributed by atoms with Crippen molar-refractivity contribution in [2.45, 2.75) is 24.2 Å². The number of hydrogen-bond donors (Lipinski definition) is 1. The lowest BCUT2D eigenvalue weighted by Crippen LogP contribution is -2.09. The van der Waals surface area contributed by atoms with E-state index in [1.54, 1.807) is 25.1 Å². The largest absolute Gasteiger partial charge is 0.481 e. The maximum atomic E-state index is 11.7. The molecule has 0 bridgehead atoms. The molecule has 1 aromatic carbocycles. The van der Waals surface area contributed by atoms with Crippen molar-refractivity contribution in [1.29, 1.82) is 0 Å². The highest BCUT2D eigenvalue weighted by Crippen LogP contribution is 2.32. The number of carbonyl (C=O) groups is 1. The average Bonchev–Trinajstić information content (AvgIpc) is 2.54. The zero-order chi connectivity index (χ0) is 11.9. The Balaban J connectivity index is 2.60. The lowest BCUT2D eigenvalue weighted by molar-refractivity contribution is -0.138. The summed E-state index contributed by atoms with van der Waals surface area (Å²) in [6.45, 7) is 1.57. The number of fused-ring (bicyclic) bond motifs is 1. The van der Waals surface area contributed by atoms with Crippen LogP contribution in [0.3, 0.4) is 0 Å². The van der Waals surface area contributed by atoms with Crippen LogP contribution in [0, 0.1) is 0 Å². The molecule has 0 saturated carbocycles. The molecule has 1 unspecified atom stereocenters. The minimum atomic E-state index is -3.18. The van der Waals surface area contributed by atoms with Gasteiger partial charge in [-0.1, -0.05) is 12.1 Å². The van der Waals surface area contributed by atoms with E-state index in [1.807, 2.05) is 0 Å². The van der Waals surface area contributed by atoms with Gasteiger partial charge in [0, 0.05) is 0 Å². The molecule has 1 N–H and O–H groups in total. The van der Waals surface area contributed by atoms with Crippen molar-refractivity contribution < 1.29 is 18.3 Å². The standard InChI is InChI=1S/C11H12O4S/c1-7(11(12)13)8-3-2-4-10-9(8)5-6-16(10,14)15/h2-4,7H,5-6H2,1H3,(H,12,13). The molecule has 0 saturated heterocycles. The first-order valence-electron chi connectivity index (χ1n) is 5.01. The van der Waals surface area contributed by atoms with Gasteiger partial charge in [-0.2, -0.15) is 0 Å². The molecule has 0 fully saturated rings. The predicted molar refractivity (Wildman–Crippen MR) is 58.2 cm³/mol. The molecule has 1 aromatic rings. The summed E-state index contributed by atoms with van der Waals surface area (Å²) >= 11 is 0. The van der Waals surface area contributed by atoms with Gasteiger partial charge in [-0.3, -0.25) is 4.79 Å². The first-order valence-corrected chi connectivity index (χ1v) is 6.66. The lowest BCUT2D eigenvalue weighted by Gasteiger charge is -2.11. The van der Waals surface area contributed by atoms with E-state index in [0.717, 1.165) is 0 Å². The van der Waals surface area contributed by atoms with Crippen LogP contribution in [-0.2, 0) is 21.1 Å². The third-order valence-electron chi connectivity index (χ3n) is 2.96. The zero-order valence-electron chi connectivity index (χ0n) is 8.80. The van der Waals surface area contributed by atoms with Crippen molar-refractivity contribution in [3.05, 3.63) is 29.3 Å². The monoisotopic (exact) mass is 240 g/mol. The highest BCUT2D eigenvalue weighted by atomic mass is 32.2. The van der Waals surface area contributed by atoms with Crippen molar-refractivity contribution in [2.24, 2.45) is 0 Å². The molecule has 1 heterocycles. The number of benzene rings is 1. The third kappa shape index (κ3) is 1.61. The topological polar surface area (TPSA) is 71.4 Å². The minimum Gasteiger partial charge on any atom is -0.481 e. The molecule has 0 aliphatic carbocycles. The molecular weight excluding hydrogens is 228 g/mol. The second kappa shape index (κ2) is 3.59. The fourth-order valence-corrected chi connectivity index (χ4v) is 3.60. The fraction of sp³-hybridized carbons (Fsp3) is 0.364. The number of sulfone groups is 1. The van der Waals surface area contributed by atoms with Crippen molar-refractivity contribution in [1.82, 2.24) is 0 Å². The predicted octanol–water partition coefficient (Wildman–Crippen LogP) is 1.20. The summed E-state index contributed by atoms with van der Waals surface area (Å²) in [5.74, 6) is -1.51.